The zero-order valence-electron chi connectivity index (χ0n) is 18.8. The molecule has 0 aliphatic rings. The highest BCUT2D eigenvalue weighted by molar-refractivity contribution is 7.92. The van der Waals surface area contributed by atoms with Crippen molar-refractivity contribution in [2.24, 2.45) is 0 Å². The van der Waals surface area contributed by atoms with E-state index in [-0.39, 0.29) is 16.3 Å². The smallest absolute Gasteiger partial charge is 0.263 e. The second-order valence-electron chi connectivity index (χ2n) is 7.78. The average Bonchev–Trinajstić information content (AvgIpc) is 2.88. The summed E-state index contributed by atoms with van der Waals surface area (Å²) in [5, 5.41) is 1.33. The Hall–Kier alpha value is -4.44. The highest BCUT2D eigenvalue weighted by Gasteiger charge is 2.18. The Bertz CT molecular complexity index is 1700. The second kappa shape index (κ2) is 9.31. The Morgan fingerprint density at radius 1 is 0.861 bits per heavy atom. The van der Waals surface area contributed by atoms with E-state index in [4.69, 9.17) is 4.74 Å². The molecule has 2 heterocycles. The maximum Gasteiger partial charge on any atom is 0.263 e. The standard InChI is InChI=1S/C26H18F2N4O3S/c1-35-24-13-16(20-6-3-18(27)14-23(20)28)2-5-22(24)26-21-7-4-19(12-17(21)8-11-30-26)36(33,34)32-25-9-10-29-15-31-25/h2-15H,1H3,(H,29,31,32). The number of rotatable bonds is 6. The fourth-order valence-corrected chi connectivity index (χ4v) is 4.91. The van der Waals surface area contributed by atoms with Crippen LogP contribution in [0.5, 0.6) is 5.75 Å². The first-order valence-corrected chi connectivity index (χ1v) is 12.2. The van der Waals surface area contributed by atoms with Crippen molar-refractivity contribution >= 4 is 26.6 Å². The third kappa shape index (κ3) is 4.46. The number of halogens is 2. The van der Waals surface area contributed by atoms with Gasteiger partial charge in [-0.15, -0.1) is 0 Å². The van der Waals surface area contributed by atoms with Gasteiger partial charge >= 0.3 is 0 Å². The van der Waals surface area contributed by atoms with Crippen molar-refractivity contribution in [3.05, 3.63) is 97.1 Å². The van der Waals surface area contributed by atoms with Gasteiger partial charge < -0.3 is 4.74 Å². The lowest BCUT2D eigenvalue weighted by atomic mass is 9.98. The predicted octanol–water partition coefficient (Wildman–Crippen LogP) is 5.45. The van der Waals surface area contributed by atoms with Gasteiger partial charge in [0, 0.05) is 35.0 Å². The Morgan fingerprint density at radius 2 is 1.69 bits per heavy atom. The van der Waals surface area contributed by atoms with Gasteiger partial charge in [0.05, 0.1) is 17.7 Å². The quantitative estimate of drug-likeness (QED) is 0.331. The molecule has 2 aromatic heterocycles. The largest absolute Gasteiger partial charge is 0.496 e. The lowest BCUT2D eigenvalue weighted by Crippen LogP contribution is -2.13. The van der Waals surface area contributed by atoms with Crippen LogP contribution in [0.1, 0.15) is 0 Å². The number of nitrogens with zero attached hydrogens (tertiary/aromatic N) is 3. The number of benzene rings is 3. The first kappa shape index (κ1) is 23.3. The van der Waals surface area contributed by atoms with Crippen molar-refractivity contribution in [3.63, 3.8) is 0 Å². The number of pyridine rings is 1. The molecule has 0 saturated heterocycles. The Balaban J connectivity index is 1.55. The van der Waals surface area contributed by atoms with Gasteiger partial charge in [0.15, 0.2) is 0 Å². The summed E-state index contributed by atoms with van der Waals surface area (Å²) in [5.74, 6) is -0.757. The van der Waals surface area contributed by atoms with Crippen LogP contribution in [0.3, 0.4) is 0 Å². The second-order valence-corrected chi connectivity index (χ2v) is 9.46. The van der Waals surface area contributed by atoms with Gasteiger partial charge in [-0.25, -0.2) is 27.2 Å². The molecule has 0 radical (unpaired) electrons. The minimum Gasteiger partial charge on any atom is -0.496 e. The molecule has 0 unspecified atom stereocenters. The Morgan fingerprint density at radius 3 is 2.44 bits per heavy atom. The van der Waals surface area contributed by atoms with Crippen molar-refractivity contribution in [2.45, 2.75) is 4.90 Å². The van der Waals surface area contributed by atoms with Gasteiger partial charge in [-0.1, -0.05) is 12.1 Å². The predicted molar refractivity (Wildman–Crippen MR) is 132 cm³/mol. The number of hydrogen-bond donors (Lipinski definition) is 1. The fraction of sp³-hybridized carbons (Fsp3) is 0.0385. The number of ether oxygens (including phenoxy) is 1. The maximum absolute atomic E-state index is 14.3. The van der Waals surface area contributed by atoms with E-state index in [2.05, 4.69) is 19.7 Å². The summed E-state index contributed by atoms with van der Waals surface area (Å²) < 4.78 is 61.4. The van der Waals surface area contributed by atoms with E-state index in [1.165, 1.54) is 43.9 Å². The van der Waals surface area contributed by atoms with Crippen LogP contribution in [0.4, 0.5) is 14.6 Å². The first-order chi connectivity index (χ1) is 17.4. The van der Waals surface area contributed by atoms with E-state index in [9.17, 15) is 17.2 Å². The normalized spacial score (nSPS) is 11.4. The van der Waals surface area contributed by atoms with E-state index in [1.807, 2.05) is 0 Å². The number of fused-ring (bicyclic) bond motifs is 1. The van der Waals surface area contributed by atoms with Crippen LogP contribution in [0.25, 0.3) is 33.2 Å². The van der Waals surface area contributed by atoms with Crippen LogP contribution < -0.4 is 9.46 Å². The number of aromatic nitrogens is 3. The minimum absolute atomic E-state index is 0.0554. The highest BCUT2D eigenvalue weighted by Crippen LogP contribution is 2.37. The van der Waals surface area contributed by atoms with Crippen molar-refractivity contribution in [3.8, 4) is 28.1 Å². The number of hydrogen-bond acceptors (Lipinski definition) is 6. The van der Waals surface area contributed by atoms with Crippen LogP contribution >= 0.6 is 0 Å². The molecule has 3 aromatic carbocycles. The minimum atomic E-state index is -3.89. The molecule has 1 N–H and O–H groups in total. The molecule has 0 bridgehead atoms. The van der Waals surface area contributed by atoms with E-state index in [0.717, 1.165) is 6.07 Å². The van der Waals surface area contributed by atoms with Gasteiger partial charge in [-0.05, 0) is 59.5 Å². The van der Waals surface area contributed by atoms with Crippen LogP contribution in [0.2, 0.25) is 0 Å². The Kier molecular flexibility index (Phi) is 6.03. The van der Waals surface area contributed by atoms with Gasteiger partial charge in [0.25, 0.3) is 10.0 Å². The zero-order chi connectivity index (χ0) is 25.3. The molecular formula is C26H18F2N4O3S. The molecule has 0 saturated carbocycles. The van der Waals surface area contributed by atoms with E-state index in [1.54, 1.807) is 42.6 Å². The summed E-state index contributed by atoms with van der Waals surface area (Å²) >= 11 is 0. The van der Waals surface area contributed by atoms with Crippen LogP contribution in [-0.2, 0) is 10.0 Å². The van der Waals surface area contributed by atoms with Gasteiger partial charge in [-0.2, -0.15) is 0 Å². The van der Waals surface area contributed by atoms with Crippen LogP contribution in [-0.4, -0.2) is 30.5 Å². The van der Waals surface area contributed by atoms with Crippen molar-refractivity contribution in [1.29, 1.82) is 0 Å². The monoisotopic (exact) mass is 504 g/mol. The topological polar surface area (TPSA) is 94.1 Å². The van der Waals surface area contributed by atoms with E-state index in [0.29, 0.717) is 33.3 Å². The number of methoxy groups -OCH3 is 1. The molecule has 36 heavy (non-hydrogen) atoms. The van der Waals surface area contributed by atoms with E-state index < -0.39 is 21.7 Å². The Labute approximate surface area is 205 Å². The van der Waals surface area contributed by atoms with Crippen LogP contribution in [0, 0.1) is 11.6 Å². The maximum atomic E-state index is 14.3. The molecular weight excluding hydrogens is 486 g/mol. The molecule has 10 heteroatoms. The molecule has 5 rings (SSSR count). The lowest BCUT2D eigenvalue weighted by Gasteiger charge is -2.14. The number of anilines is 1. The van der Waals surface area contributed by atoms with Gasteiger partial charge in [0.1, 0.15) is 29.5 Å². The summed E-state index contributed by atoms with van der Waals surface area (Å²) in [6, 6.07) is 16.3. The van der Waals surface area contributed by atoms with Crippen LogP contribution in [0.15, 0.2) is 90.3 Å². The third-order valence-corrected chi connectivity index (χ3v) is 6.92. The average molecular weight is 505 g/mol. The molecule has 0 spiro atoms. The first-order valence-electron chi connectivity index (χ1n) is 10.7. The fourth-order valence-electron chi connectivity index (χ4n) is 3.86. The molecule has 0 aliphatic heterocycles. The molecule has 0 amide bonds. The molecule has 5 aromatic rings. The van der Waals surface area contributed by atoms with Gasteiger partial charge in [0.2, 0.25) is 0 Å². The molecule has 180 valence electrons. The third-order valence-electron chi connectivity index (χ3n) is 5.57. The summed E-state index contributed by atoms with van der Waals surface area (Å²) in [5.41, 5.74) is 1.93. The molecule has 0 aliphatic carbocycles. The molecule has 0 fully saturated rings. The van der Waals surface area contributed by atoms with Crippen molar-refractivity contribution in [1.82, 2.24) is 15.0 Å². The van der Waals surface area contributed by atoms with E-state index >= 15 is 0 Å². The molecule has 0 atom stereocenters. The highest BCUT2D eigenvalue weighted by atomic mass is 32.2. The summed E-state index contributed by atoms with van der Waals surface area (Å²) in [6.07, 6.45) is 4.25. The van der Waals surface area contributed by atoms with Crippen molar-refractivity contribution in [2.75, 3.05) is 11.8 Å². The summed E-state index contributed by atoms with van der Waals surface area (Å²) in [7, 11) is -2.40. The van der Waals surface area contributed by atoms with Crippen molar-refractivity contribution < 1.29 is 21.9 Å². The number of nitrogens with one attached hydrogen (secondary N) is 1. The SMILES string of the molecule is COc1cc(-c2ccc(F)cc2F)ccc1-c1nccc2cc(S(=O)(=O)Nc3ccncn3)ccc12. The number of sulfonamides is 1. The zero-order valence-corrected chi connectivity index (χ0v) is 19.6. The van der Waals surface area contributed by atoms with Gasteiger partial charge in [-0.3, -0.25) is 9.71 Å². The summed E-state index contributed by atoms with van der Waals surface area (Å²) in [4.78, 5) is 12.2. The summed E-state index contributed by atoms with van der Waals surface area (Å²) in [6.45, 7) is 0. The molecule has 7 nitrogen and oxygen atoms in total. The lowest BCUT2D eigenvalue weighted by molar-refractivity contribution is 0.416.